The zero-order valence-electron chi connectivity index (χ0n) is 21.7. The maximum absolute atomic E-state index is 12.5. The lowest BCUT2D eigenvalue weighted by Gasteiger charge is -2.40. The summed E-state index contributed by atoms with van der Waals surface area (Å²) in [5.74, 6) is -0.266. The van der Waals surface area contributed by atoms with E-state index in [2.05, 4.69) is 35.7 Å². The van der Waals surface area contributed by atoms with Crippen molar-refractivity contribution in [1.82, 2.24) is 14.7 Å². The Morgan fingerprint density at radius 3 is 2.65 bits per heavy atom. The number of amides is 2. The Labute approximate surface area is 217 Å². The van der Waals surface area contributed by atoms with Gasteiger partial charge in [-0.3, -0.25) is 9.48 Å². The van der Waals surface area contributed by atoms with Crippen LogP contribution in [0.5, 0.6) is 0 Å². The molecule has 0 spiro atoms. The maximum atomic E-state index is 12.5. The molecule has 1 aliphatic carbocycles. The van der Waals surface area contributed by atoms with Gasteiger partial charge in [0.05, 0.1) is 18.0 Å². The number of nitriles is 1. The van der Waals surface area contributed by atoms with E-state index >= 15 is 0 Å². The van der Waals surface area contributed by atoms with E-state index < -0.39 is 17.0 Å². The summed E-state index contributed by atoms with van der Waals surface area (Å²) >= 11 is 0. The first kappa shape index (κ1) is 26.0. The van der Waals surface area contributed by atoms with E-state index in [4.69, 9.17) is 15.6 Å². The molecule has 2 aromatic rings. The Kier molecular flexibility index (Phi) is 7.39. The molecule has 0 bridgehead atoms. The van der Waals surface area contributed by atoms with Crippen molar-refractivity contribution in [2.45, 2.75) is 64.0 Å². The molecule has 194 valence electrons. The van der Waals surface area contributed by atoms with Crippen LogP contribution in [0, 0.1) is 11.3 Å². The molecule has 9 heteroatoms. The molecule has 2 aliphatic rings. The molecular formula is C28H34N6O3. The van der Waals surface area contributed by atoms with E-state index in [0.29, 0.717) is 31.7 Å². The predicted octanol–water partition coefficient (Wildman–Crippen LogP) is 5.10. The number of allylic oxidation sites excluding steroid dienone is 4. The molecule has 0 radical (unpaired) electrons. The number of rotatable bonds is 6. The molecule has 3 N–H and O–H groups in total. The van der Waals surface area contributed by atoms with Gasteiger partial charge >= 0.3 is 6.09 Å². The minimum atomic E-state index is -0.668. The fraction of sp³-hybridized carbons (Fsp3) is 0.429. The van der Waals surface area contributed by atoms with Crippen LogP contribution in [0.4, 0.5) is 16.3 Å². The largest absolute Gasteiger partial charge is 0.444 e. The molecule has 37 heavy (non-hydrogen) atoms. The molecule has 1 saturated heterocycles. The van der Waals surface area contributed by atoms with E-state index in [-0.39, 0.29) is 18.1 Å². The molecule has 0 saturated carbocycles. The van der Waals surface area contributed by atoms with Crippen molar-refractivity contribution in [1.29, 1.82) is 5.26 Å². The van der Waals surface area contributed by atoms with Crippen LogP contribution in [0.1, 0.15) is 68.8 Å². The number of aromatic nitrogens is 2. The lowest BCUT2D eigenvalue weighted by molar-refractivity contribution is 0.0105. The Balaban J connectivity index is 1.58. The van der Waals surface area contributed by atoms with Crippen LogP contribution in [-0.2, 0) is 10.3 Å². The standard InChI is InChI=1S/C28H34N6O3/c1-27(2,3)37-26(36)33-16-13-28(12-15-29,14-17-33)34-19-23(24(30)35)25(32-34)31-22-11-7-10-21(18-22)20-8-5-4-6-9-20/h4-5,7-8,10-11,18-19H,6,9,12-14,16-17H2,1-3H3,(H2,30,35)(H,31,32). The highest BCUT2D eigenvalue weighted by atomic mass is 16.6. The van der Waals surface area contributed by atoms with Gasteiger partial charge in [-0.2, -0.15) is 10.4 Å². The van der Waals surface area contributed by atoms with Crippen molar-refractivity contribution < 1.29 is 14.3 Å². The second kappa shape index (κ2) is 10.5. The Morgan fingerprint density at radius 2 is 2.03 bits per heavy atom. The second-order valence-corrected chi connectivity index (χ2v) is 10.6. The van der Waals surface area contributed by atoms with E-state index in [1.54, 1.807) is 15.8 Å². The first-order chi connectivity index (χ1) is 17.6. The monoisotopic (exact) mass is 502 g/mol. The zero-order valence-corrected chi connectivity index (χ0v) is 21.7. The lowest BCUT2D eigenvalue weighted by Crippen LogP contribution is -2.49. The molecular weight excluding hydrogens is 468 g/mol. The third kappa shape index (κ3) is 6.02. The van der Waals surface area contributed by atoms with Gasteiger partial charge in [-0.15, -0.1) is 0 Å². The Morgan fingerprint density at radius 1 is 1.27 bits per heavy atom. The van der Waals surface area contributed by atoms with E-state index in [1.807, 2.05) is 39.0 Å². The number of primary amides is 1. The average Bonchev–Trinajstić information content (AvgIpc) is 3.29. The summed E-state index contributed by atoms with van der Waals surface area (Å²) in [6.45, 7) is 6.32. The number of nitrogens with zero attached hydrogens (tertiary/aromatic N) is 4. The number of carbonyl (C=O) groups is 2. The summed E-state index contributed by atoms with van der Waals surface area (Å²) in [6, 6.07) is 10.2. The Hall–Kier alpha value is -4.06. The van der Waals surface area contributed by atoms with Gasteiger partial charge in [-0.1, -0.05) is 30.4 Å². The van der Waals surface area contributed by atoms with Crippen LogP contribution in [0.3, 0.4) is 0 Å². The van der Waals surface area contributed by atoms with Gasteiger partial charge in [0.25, 0.3) is 5.91 Å². The summed E-state index contributed by atoms with van der Waals surface area (Å²) in [6.07, 6.45) is 10.7. The molecule has 9 nitrogen and oxygen atoms in total. The lowest BCUT2D eigenvalue weighted by atomic mass is 9.85. The third-order valence-corrected chi connectivity index (χ3v) is 6.73. The molecule has 0 atom stereocenters. The smallest absolute Gasteiger partial charge is 0.410 e. The molecule has 1 aliphatic heterocycles. The van der Waals surface area contributed by atoms with Crippen molar-refractivity contribution >= 4 is 29.1 Å². The van der Waals surface area contributed by atoms with Crippen LogP contribution < -0.4 is 11.1 Å². The number of hydrogen-bond acceptors (Lipinski definition) is 6. The number of anilines is 2. The number of piperidine rings is 1. The van der Waals surface area contributed by atoms with Gasteiger partial charge in [-0.05, 0) is 69.7 Å². The molecule has 1 fully saturated rings. The van der Waals surface area contributed by atoms with Gasteiger partial charge in [0.1, 0.15) is 11.2 Å². The van der Waals surface area contributed by atoms with Crippen LogP contribution in [0.25, 0.3) is 5.57 Å². The van der Waals surface area contributed by atoms with E-state index in [1.165, 1.54) is 5.57 Å². The van der Waals surface area contributed by atoms with Gasteiger partial charge in [0.15, 0.2) is 5.82 Å². The summed E-state index contributed by atoms with van der Waals surface area (Å²) in [7, 11) is 0. The second-order valence-electron chi connectivity index (χ2n) is 10.6. The van der Waals surface area contributed by atoms with Crippen molar-refractivity contribution in [3.05, 3.63) is 59.8 Å². The topological polar surface area (TPSA) is 126 Å². The summed E-state index contributed by atoms with van der Waals surface area (Å²) in [5.41, 5.74) is 7.84. The van der Waals surface area contributed by atoms with E-state index in [0.717, 1.165) is 24.1 Å². The van der Waals surface area contributed by atoms with Crippen molar-refractivity contribution in [3.63, 3.8) is 0 Å². The molecule has 1 aromatic heterocycles. The fourth-order valence-electron chi connectivity index (χ4n) is 4.73. The van der Waals surface area contributed by atoms with Crippen LogP contribution in [0.15, 0.2) is 48.7 Å². The number of carbonyl (C=O) groups excluding carboxylic acids is 2. The highest BCUT2D eigenvalue weighted by Gasteiger charge is 2.40. The minimum absolute atomic E-state index is 0.186. The maximum Gasteiger partial charge on any atom is 0.410 e. The average molecular weight is 503 g/mol. The summed E-state index contributed by atoms with van der Waals surface area (Å²) < 4.78 is 7.19. The first-order valence-electron chi connectivity index (χ1n) is 12.6. The quantitative estimate of drug-likeness (QED) is 0.566. The highest BCUT2D eigenvalue weighted by molar-refractivity contribution is 5.98. The number of likely N-dealkylation sites (tertiary alicyclic amines) is 1. The number of hydrogen-bond donors (Lipinski definition) is 2. The molecule has 2 amide bonds. The van der Waals surface area contributed by atoms with Crippen molar-refractivity contribution in [2.24, 2.45) is 5.73 Å². The number of ether oxygens (including phenoxy) is 1. The van der Waals surface area contributed by atoms with Gasteiger partial charge < -0.3 is 20.7 Å². The van der Waals surface area contributed by atoms with E-state index in [9.17, 15) is 14.9 Å². The minimum Gasteiger partial charge on any atom is -0.444 e. The van der Waals surface area contributed by atoms with Crippen LogP contribution in [-0.4, -0.2) is 45.4 Å². The first-order valence-corrected chi connectivity index (χ1v) is 12.6. The van der Waals surface area contributed by atoms with Gasteiger partial charge in [0.2, 0.25) is 0 Å². The third-order valence-electron chi connectivity index (χ3n) is 6.73. The van der Waals surface area contributed by atoms with Crippen LogP contribution >= 0.6 is 0 Å². The zero-order chi connectivity index (χ0) is 26.6. The molecule has 2 heterocycles. The molecule has 1 aromatic carbocycles. The Bertz CT molecular complexity index is 1270. The SMILES string of the molecule is CC(C)(C)OC(=O)N1CCC(CC#N)(n2cc(C(N)=O)c(Nc3cccc(C4=CC=CCC4)c3)n2)CC1. The van der Waals surface area contributed by atoms with Crippen LogP contribution in [0.2, 0.25) is 0 Å². The number of nitrogens with two attached hydrogens (primary N) is 1. The summed E-state index contributed by atoms with van der Waals surface area (Å²) in [5, 5.41) is 17.6. The highest BCUT2D eigenvalue weighted by Crippen LogP contribution is 2.36. The normalized spacial score (nSPS) is 17.0. The summed E-state index contributed by atoms with van der Waals surface area (Å²) in [4.78, 5) is 26.5. The van der Waals surface area contributed by atoms with Crippen molar-refractivity contribution in [2.75, 3.05) is 18.4 Å². The predicted molar refractivity (Wildman–Crippen MR) is 142 cm³/mol. The number of benzene rings is 1. The fourth-order valence-corrected chi connectivity index (χ4v) is 4.73. The van der Waals surface area contributed by atoms with Gasteiger partial charge in [0, 0.05) is 25.0 Å². The molecule has 4 rings (SSSR count). The van der Waals surface area contributed by atoms with Crippen molar-refractivity contribution in [3.8, 4) is 6.07 Å². The number of nitrogens with one attached hydrogen (secondary N) is 1. The van der Waals surface area contributed by atoms with Gasteiger partial charge in [-0.25, -0.2) is 4.79 Å². The molecule has 0 unspecified atom stereocenters.